The Kier molecular flexibility index (Phi) is 4.91. The van der Waals surface area contributed by atoms with E-state index in [9.17, 15) is 4.79 Å². The summed E-state index contributed by atoms with van der Waals surface area (Å²) in [5.74, 6) is 0.640. The minimum atomic E-state index is -0.533. The molecule has 3 heteroatoms. The van der Waals surface area contributed by atoms with Gasteiger partial charge in [0.15, 0.2) is 5.78 Å². The highest BCUT2D eigenvalue weighted by molar-refractivity contribution is 6.00. The highest BCUT2D eigenvalue weighted by Gasteiger charge is 2.16. The van der Waals surface area contributed by atoms with E-state index in [4.69, 9.17) is 10.5 Å². The smallest absolute Gasteiger partial charge is 0.179 e. The molecule has 0 fully saturated rings. The second-order valence-electron chi connectivity index (χ2n) is 4.62. The molecule has 1 unspecified atom stereocenters. The van der Waals surface area contributed by atoms with Crippen LogP contribution in [0.5, 0.6) is 5.75 Å². The van der Waals surface area contributed by atoms with Gasteiger partial charge in [0.2, 0.25) is 0 Å². The molecule has 0 saturated heterocycles. The van der Waals surface area contributed by atoms with Crippen molar-refractivity contribution in [3.63, 3.8) is 0 Å². The number of benzene rings is 2. The van der Waals surface area contributed by atoms with E-state index in [1.165, 1.54) is 0 Å². The van der Waals surface area contributed by atoms with Crippen molar-refractivity contribution >= 4 is 5.78 Å². The van der Waals surface area contributed by atoms with Crippen molar-refractivity contribution in [3.8, 4) is 5.75 Å². The number of rotatable bonds is 6. The zero-order chi connectivity index (χ0) is 14.4. The number of carbonyl (C=O) groups excluding carboxylic acids is 1. The molecule has 0 spiro atoms. The average Bonchev–Trinajstić information content (AvgIpc) is 2.48. The van der Waals surface area contributed by atoms with Gasteiger partial charge in [0.25, 0.3) is 0 Å². The molecule has 0 saturated carbocycles. The van der Waals surface area contributed by atoms with Gasteiger partial charge in [0.05, 0.1) is 12.6 Å². The molecule has 1 atom stereocenters. The molecular formula is C17H19NO2. The van der Waals surface area contributed by atoms with Gasteiger partial charge in [-0.1, -0.05) is 42.5 Å². The van der Waals surface area contributed by atoms with E-state index in [2.05, 4.69) is 0 Å². The second-order valence-corrected chi connectivity index (χ2v) is 4.62. The molecule has 2 aromatic rings. The number of carbonyl (C=O) groups is 1. The quantitative estimate of drug-likeness (QED) is 0.820. The van der Waals surface area contributed by atoms with Crippen LogP contribution in [-0.4, -0.2) is 18.4 Å². The summed E-state index contributed by atoms with van der Waals surface area (Å²) in [5, 5.41) is 0. The molecule has 104 valence electrons. The fourth-order valence-electron chi connectivity index (χ4n) is 2.08. The molecule has 2 aromatic carbocycles. The van der Waals surface area contributed by atoms with Crippen LogP contribution < -0.4 is 10.5 Å². The summed E-state index contributed by atoms with van der Waals surface area (Å²) in [4.78, 5) is 12.3. The lowest BCUT2D eigenvalue weighted by molar-refractivity contribution is 0.0960. The minimum absolute atomic E-state index is 0.0598. The summed E-state index contributed by atoms with van der Waals surface area (Å²) in [5.41, 5.74) is 7.68. The van der Waals surface area contributed by atoms with Crippen molar-refractivity contribution in [2.45, 2.75) is 19.4 Å². The maximum absolute atomic E-state index is 12.3. The van der Waals surface area contributed by atoms with Crippen LogP contribution in [0, 0.1) is 0 Å². The second kappa shape index (κ2) is 6.87. The standard InChI is InChI=1S/C17H19NO2/c1-2-20-15-10-6-9-14(12-15)17(19)16(18)11-13-7-4-3-5-8-13/h3-10,12,16H,2,11,18H2,1H3. The van der Waals surface area contributed by atoms with E-state index in [-0.39, 0.29) is 5.78 Å². The third kappa shape index (κ3) is 3.68. The first kappa shape index (κ1) is 14.3. The van der Waals surface area contributed by atoms with Gasteiger partial charge in [-0.15, -0.1) is 0 Å². The summed E-state index contributed by atoms with van der Waals surface area (Å²) in [6.07, 6.45) is 0.540. The maximum Gasteiger partial charge on any atom is 0.179 e. The van der Waals surface area contributed by atoms with Crippen molar-refractivity contribution in [2.24, 2.45) is 5.73 Å². The summed E-state index contributed by atoms with van der Waals surface area (Å²) >= 11 is 0. The Hall–Kier alpha value is -2.13. The average molecular weight is 269 g/mol. The van der Waals surface area contributed by atoms with Crippen LogP contribution in [0.4, 0.5) is 0 Å². The molecule has 0 bridgehead atoms. The van der Waals surface area contributed by atoms with E-state index < -0.39 is 6.04 Å². The first-order chi connectivity index (χ1) is 9.70. The fourth-order valence-corrected chi connectivity index (χ4v) is 2.08. The van der Waals surface area contributed by atoms with E-state index >= 15 is 0 Å². The molecule has 20 heavy (non-hydrogen) atoms. The topological polar surface area (TPSA) is 52.3 Å². The number of hydrogen-bond acceptors (Lipinski definition) is 3. The van der Waals surface area contributed by atoms with Crippen LogP contribution >= 0.6 is 0 Å². The van der Waals surface area contributed by atoms with Crippen LogP contribution in [0.2, 0.25) is 0 Å². The van der Waals surface area contributed by atoms with Crippen LogP contribution in [0.1, 0.15) is 22.8 Å². The first-order valence-electron chi connectivity index (χ1n) is 6.77. The zero-order valence-corrected chi connectivity index (χ0v) is 11.6. The molecular weight excluding hydrogens is 250 g/mol. The van der Waals surface area contributed by atoms with Gasteiger partial charge < -0.3 is 10.5 Å². The van der Waals surface area contributed by atoms with Crippen LogP contribution in [0.3, 0.4) is 0 Å². The predicted molar refractivity (Wildman–Crippen MR) is 80.1 cm³/mol. The summed E-state index contributed by atoms with van der Waals surface area (Å²) in [6.45, 7) is 2.49. The lowest BCUT2D eigenvalue weighted by Crippen LogP contribution is -2.32. The van der Waals surface area contributed by atoms with Gasteiger partial charge in [-0.3, -0.25) is 4.79 Å². The van der Waals surface area contributed by atoms with Crippen LogP contribution in [0.25, 0.3) is 0 Å². The van der Waals surface area contributed by atoms with Crippen molar-refractivity contribution in [2.75, 3.05) is 6.61 Å². The highest BCUT2D eigenvalue weighted by Crippen LogP contribution is 2.15. The number of Topliss-reactive ketones (excluding diaryl/α,β-unsaturated/α-hetero) is 1. The lowest BCUT2D eigenvalue weighted by atomic mass is 9.98. The summed E-state index contributed by atoms with van der Waals surface area (Å²) < 4.78 is 5.40. The van der Waals surface area contributed by atoms with Gasteiger partial charge in [0, 0.05) is 5.56 Å². The van der Waals surface area contributed by atoms with Crippen molar-refractivity contribution in [3.05, 3.63) is 65.7 Å². The van der Waals surface area contributed by atoms with Gasteiger partial charge in [-0.2, -0.15) is 0 Å². The Bertz CT molecular complexity index is 566. The van der Waals surface area contributed by atoms with E-state index in [0.29, 0.717) is 24.3 Å². The first-order valence-corrected chi connectivity index (χ1v) is 6.77. The van der Waals surface area contributed by atoms with Gasteiger partial charge in [-0.05, 0) is 31.0 Å². The Morgan fingerprint density at radius 1 is 1.15 bits per heavy atom. The largest absolute Gasteiger partial charge is 0.494 e. The molecule has 0 aliphatic heterocycles. The monoisotopic (exact) mass is 269 g/mol. The van der Waals surface area contributed by atoms with E-state index in [1.54, 1.807) is 12.1 Å². The molecule has 2 rings (SSSR count). The Morgan fingerprint density at radius 3 is 2.60 bits per heavy atom. The summed E-state index contributed by atoms with van der Waals surface area (Å²) in [7, 11) is 0. The van der Waals surface area contributed by atoms with Gasteiger partial charge in [-0.25, -0.2) is 0 Å². The van der Waals surface area contributed by atoms with Gasteiger partial charge in [0.1, 0.15) is 5.75 Å². The van der Waals surface area contributed by atoms with E-state index in [1.807, 2.05) is 49.4 Å². The SMILES string of the molecule is CCOc1cccc(C(=O)C(N)Cc2ccccc2)c1. The number of nitrogens with two attached hydrogens (primary N) is 1. The Labute approximate surface area is 119 Å². The fraction of sp³-hybridized carbons (Fsp3) is 0.235. The number of ether oxygens (including phenoxy) is 1. The summed E-state index contributed by atoms with van der Waals surface area (Å²) in [6, 6.07) is 16.4. The van der Waals surface area contributed by atoms with Crippen molar-refractivity contribution in [1.29, 1.82) is 0 Å². The molecule has 0 aromatic heterocycles. The van der Waals surface area contributed by atoms with Crippen molar-refractivity contribution in [1.82, 2.24) is 0 Å². The molecule has 2 N–H and O–H groups in total. The highest BCUT2D eigenvalue weighted by atomic mass is 16.5. The molecule has 0 heterocycles. The van der Waals surface area contributed by atoms with E-state index in [0.717, 1.165) is 5.56 Å². The maximum atomic E-state index is 12.3. The number of hydrogen-bond donors (Lipinski definition) is 1. The molecule has 0 amide bonds. The molecule has 3 nitrogen and oxygen atoms in total. The zero-order valence-electron chi connectivity index (χ0n) is 11.6. The van der Waals surface area contributed by atoms with Crippen LogP contribution in [0.15, 0.2) is 54.6 Å². The minimum Gasteiger partial charge on any atom is -0.494 e. The Balaban J connectivity index is 2.08. The normalized spacial score (nSPS) is 11.9. The predicted octanol–water partition coefficient (Wildman–Crippen LogP) is 2.84. The Morgan fingerprint density at radius 2 is 1.90 bits per heavy atom. The van der Waals surface area contributed by atoms with Crippen LogP contribution in [-0.2, 0) is 6.42 Å². The molecule has 0 radical (unpaired) electrons. The van der Waals surface area contributed by atoms with Crippen molar-refractivity contribution < 1.29 is 9.53 Å². The molecule has 0 aliphatic carbocycles. The third-order valence-corrected chi connectivity index (χ3v) is 3.06. The number of ketones is 1. The van der Waals surface area contributed by atoms with Gasteiger partial charge >= 0.3 is 0 Å². The molecule has 0 aliphatic rings. The lowest BCUT2D eigenvalue weighted by Gasteiger charge is -2.12. The third-order valence-electron chi connectivity index (χ3n) is 3.06.